The molecule has 2 amide bonds. The van der Waals surface area contributed by atoms with E-state index in [1.165, 1.54) is 0 Å². The van der Waals surface area contributed by atoms with E-state index in [2.05, 4.69) is 79.7 Å². The first kappa shape index (κ1) is 34.8. The molecule has 0 aliphatic carbocycles. The maximum absolute atomic E-state index is 13.5. The van der Waals surface area contributed by atoms with Crippen LogP contribution in [0.3, 0.4) is 0 Å². The zero-order chi connectivity index (χ0) is 35.4. The number of carbonyl (C=O) groups excluding carboxylic acids is 2. The van der Waals surface area contributed by atoms with Gasteiger partial charge in [-0.15, -0.1) is 23.5 Å². The number of carbonyl (C=O) groups is 2. The van der Waals surface area contributed by atoms with Gasteiger partial charge in [-0.3, -0.25) is 9.59 Å². The lowest BCUT2D eigenvalue weighted by atomic mass is 9.94. The lowest BCUT2D eigenvalue weighted by Gasteiger charge is -2.37. The Morgan fingerprint density at radius 1 is 1.00 bits per heavy atom. The summed E-state index contributed by atoms with van der Waals surface area (Å²) in [5.74, 6) is 9.52. The molecular weight excluding hydrogens is 661 g/mol. The normalized spacial score (nSPS) is 25.4. The van der Waals surface area contributed by atoms with E-state index in [0.717, 1.165) is 83.8 Å². The number of nitrogens with zero attached hydrogens (tertiary/aromatic N) is 4. The predicted molar refractivity (Wildman–Crippen MR) is 205 cm³/mol. The van der Waals surface area contributed by atoms with Gasteiger partial charge in [-0.25, -0.2) is 9.97 Å². The molecule has 262 valence electrons. The molecule has 0 saturated carbocycles. The molecule has 3 fully saturated rings. The largest absolute Gasteiger partial charge is 0.340 e. The Balaban J connectivity index is 1.04. The summed E-state index contributed by atoms with van der Waals surface area (Å²) in [6.45, 7) is 14.4. The van der Waals surface area contributed by atoms with Crippen molar-refractivity contribution in [3.8, 4) is 23.1 Å². The van der Waals surface area contributed by atoms with Crippen LogP contribution in [-0.2, 0) is 14.5 Å². The molecular formula is C40H48N6O2S2. The second kappa shape index (κ2) is 13.5. The second-order valence-electron chi connectivity index (χ2n) is 15.0. The number of aromatic nitrogens is 4. The molecule has 3 aliphatic rings. The highest BCUT2D eigenvalue weighted by atomic mass is 32.2. The Labute approximate surface area is 304 Å². The second-order valence-corrected chi connectivity index (χ2v) is 17.6. The van der Waals surface area contributed by atoms with Crippen molar-refractivity contribution in [2.24, 2.45) is 17.8 Å². The topological polar surface area (TPSA) is 98.0 Å². The summed E-state index contributed by atoms with van der Waals surface area (Å²) in [5.41, 5.74) is 5.60. The molecule has 10 heteroatoms. The summed E-state index contributed by atoms with van der Waals surface area (Å²) >= 11 is 3.50. The molecule has 3 saturated heterocycles. The van der Waals surface area contributed by atoms with E-state index in [1.807, 2.05) is 48.4 Å². The molecule has 2 N–H and O–H groups in total. The monoisotopic (exact) mass is 708 g/mol. The molecule has 5 heterocycles. The number of rotatable bonds is 8. The lowest BCUT2D eigenvalue weighted by molar-refractivity contribution is -0.138. The molecule has 7 rings (SSSR count). The Kier molecular flexibility index (Phi) is 9.36. The van der Waals surface area contributed by atoms with Gasteiger partial charge in [0.15, 0.2) is 0 Å². The summed E-state index contributed by atoms with van der Waals surface area (Å²) in [7, 11) is 0. The van der Waals surface area contributed by atoms with Gasteiger partial charge in [-0.05, 0) is 86.6 Å². The van der Waals surface area contributed by atoms with Crippen molar-refractivity contribution in [2.45, 2.75) is 88.1 Å². The Morgan fingerprint density at radius 2 is 1.74 bits per heavy atom. The van der Waals surface area contributed by atoms with Crippen LogP contribution in [-0.4, -0.2) is 70.9 Å². The van der Waals surface area contributed by atoms with E-state index in [0.29, 0.717) is 5.92 Å². The van der Waals surface area contributed by atoms with E-state index in [-0.39, 0.29) is 39.7 Å². The van der Waals surface area contributed by atoms with Crippen LogP contribution in [0.1, 0.15) is 96.0 Å². The predicted octanol–water partition coefficient (Wildman–Crippen LogP) is 7.98. The summed E-state index contributed by atoms with van der Waals surface area (Å²) in [5, 5.41) is 0.0515. The molecule has 8 nitrogen and oxygen atoms in total. The fourth-order valence-electron chi connectivity index (χ4n) is 7.39. The number of fused-ring (bicyclic) bond motifs is 1. The van der Waals surface area contributed by atoms with Crippen molar-refractivity contribution in [1.82, 2.24) is 29.7 Å². The third-order valence-electron chi connectivity index (χ3n) is 11.4. The number of hydrogen-bond acceptors (Lipinski definition) is 6. The molecule has 50 heavy (non-hydrogen) atoms. The number of aromatic amines is 2. The van der Waals surface area contributed by atoms with Gasteiger partial charge in [0.05, 0.1) is 34.2 Å². The first-order valence-electron chi connectivity index (χ1n) is 18.0. The Morgan fingerprint density at radius 3 is 2.44 bits per heavy atom. The van der Waals surface area contributed by atoms with E-state index in [1.54, 1.807) is 23.5 Å². The van der Waals surface area contributed by atoms with Gasteiger partial charge in [0.25, 0.3) is 0 Å². The number of thioether (sulfide) groups is 2. The first-order valence-corrected chi connectivity index (χ1v) is 20.1. The minimum Gasteiger partial charge on any atom is -0.340 e. The summed E-state index contributed by atoms with van der Waals surface area (Å²) in [6.07, 6.45) is 7.73. The summed E-state index contributed by atoms with van der Waals surface area (Å²) in [6, 6.07) is 14.3. The molecule has 0 radical (unpaired) electrons. The Hall–Kier alpha value is -3.68. The molecule has 0 spiro atoms. The number of amides is 2. The van der Waals surface area contributed by atoms with E-state index < -0.39 is 4.87 Å². The summed E-state index contributed by atoms with van der Waals surface area (Å²) in [4.78, 5) is 47.4. The Bertz CT molecular complexity index is 1970. The standard InChI is InChI=1S/C40H48N6O2S2/c1-24(2)26(5)36(47)46-21-9-19-40(46,49-7)38-43-30-18-15-28(22-31(30)44-38)12-11-27-13-16-29(17-14-27)32-23-41-35(42-32)33-10-8-20-45(33)37(48)34-39(6,50-34)25(3)4/h13-18,22-26,33-34H,8-10,19-21H2,1-7H3,(H,41,42)(H,43,44). The smallest absolute Gasteiger partial charge is 0.237 e. The molecule has 5 atom stereocenters. The van der Waals surface area contributed by atoms with Gasteiger partial charge >= 0.3 is 0 Å². The molecule has 2 aromatic heterocycles. The van der Waals surface area contributed by atoms with Crippen molar-refractivity contribution in [2.75, 3.05) is 19.3 Å². The van der Waals surface area contributed by atoms with Crippen molar-refractivity contribution < 1.29 is 9.59 Å². The van der Waals surface area contributed by atoms with Gasteiger partial charge in [0.2, 0.25) is 11.8 Å². The zero-order valence-electron chi connectivity index (χ0n) is 30.2. The number of benzene rings is 2. The van der Waals surface area contributed by atoms with Crippen molar-refractivity contribution >= 4 is 46.4 Å². The molecule has 2 aromatic carbocycles. The average Bonchev–Trinajstić information content (AvgIpc) is 3.71. The molecule has 3 aliphatic heterocycles. The summed E-state index contributed by atoms with van der Waals surface area (Å²) < 4.78 is 0.0435. The van der Waals surface area contributed by atoms with E-state index in [9.17, 15) is 9.59 Å². The van der Waals surface area contributed by atoms with Gasteiger partial charge in [0, 0.05) is 34.9 Å². The van der Waals surface area contributed by atoms with Crippen LogP contribution < -0.4 is 0 Å². The van der Waals surface area contributed by atoms with Crippen molar-refractivity contribution in [3.05, 3.63) is 71.4 Å². The van der Waals surface area contributed by atoms with E-state index >= 15 is 0 Å². The number of nitrogens with one attached hydrogen (secondary N) is 2. The van der Waals surface area contributed by atoms with Crippen LogP contribution in [0.2, 0.25) is 0 Å². The number of likely N-dealkylation sites (tertiary alicyclic amines) is 2. The SMILES string of the molecule is CSC1(c2nc3ccc(C#Cc4ccc(-c5cnc(C6CCCN6C(=O)C6SC6(C)C(C)C)[nH]5)cc4)cc3[nH]2)CCCN1C(=O)C(C)C(C)C. The fraction of sp³-hybridized carbons (Fsp3) is 0.500. The van der Waals surface area contributed by atoms with Gasteiger partial charge in [-0.2, -0.15) is 0 Å². The van der Waals surface area contributed by atoms with Gasteiger partial charge in [0.1, 0.15) is 16.5 Å². The van der Waals surface area contributed by atoms with Crippen LogP contribution in [0, 0.1) is 29.6 Å². The van der Waals surface area contributed by atoms with Crippen LogP contribution in [0.4, 0.5) is 0 Å². The molecule has 5 unspecified atom stereocenters. The minimum atomic E-state index is -0.485. The van der Waals surface area contributed by atoms with Crippen LogP contribution >= 0.6 is 23.5 Å². The lowest BCUT2D eigenvalue weighted by Crippen LogP contribution is -2.46. The minimum absolute atomic E-state index is 0.00159. The maximum atomic E-state index is 13.5. The van der Waals surface area contributed by atoms with Crippen molar-refractivity contribution in [1.29, 1.82) is 0 Å². The molecule has 4 aromatic rings. The van der Waals surface area contributed by atoms with Gasteiger partial charge in [-0.1, -0.05) is 58.6 Å². The maximum Gasteiger partial charge on any atom is 0.237 e. The third-order valence-corrected chi connectivity index (χ3v) is 14.6. The number of hydrogen-bond donors (Lipinski definition) is 2. The number of H-pyrrole nitrogens is 2. The molecule has 0 bridgehead atoms. The highest BCUT2D eigenvalue weighted by molar-refractivity contribution is 8.09. The zero-order valence-corrected chi connectivity index (χ0v) is 31.8. The highest BCUT2D eigenvalue weighted by Crippen LogP contribution is 2.59. The van der Waals surface area contributed by atoms with Crippen LogP contribution in [0.15, 0.2) is 48.7 Å². The van der Waals surface area contributed by atoms with E-state index in [4.69, 9.17) is 9.97 Å². The first-order chi connectivity index (χ1) is 23.9. The van der Waals surface area contributed by atoms with Crippen molar-refractivity contribution in [3.63, 3.8) is 0 Å². The number of imidazole rings is 2. The van der Waals surface area contributed by atoms with Crippen LogP contribution in [0.5, 0.6) is 0 Å². The quantitative estimate of drug-likeness (QED) is 0.142. The van der Waals surface area contributed by atoms with Gasteiger partial charge < -0.3 is 19.8 Å². The third kappa shape index (κ3) is 6.15. The van der Waals surface area contributed by atoms with Crippen LogP contribution in [0.25, 0.3) is 22.3 Å². The fourth-order valence-corrected chi connectivity index (χ4v) is 9.75. The highest BCUT2D eigenvalue weighted by Gasteiger charge is 2.59. The average molecular weight is 709 g/mol.